The number of carbonyl (C=O) groups is 3. The van der Waals surface area contributed by atoms with Crippen molar-refractivity contribution in [3.05, 3.63) is 54.3 Å². The monoisotopic (exact) mass is 413 g/mol. The van der Waals surface area contributed by atoms with Crippen molar-refractivity contribution in [2.75, 3.05) is 29.9 Å². The van der Waals surface area contributed by atoms with E-state index in [1.54, 1.807) is 23.1 Å². The summed E-state index contributed by atoms with van der Waals surface area (Å²) in [6, 6.07) is 12.8. The van der Waals surface area contributed by atoms with Crippen LogP contribution in [0.3, 0.4) is 0 Å². The number of anilines is 2. The molecule has 1 N–H and O–H groups in total. The van der Waals surface area contributed by atoms with Gasteiger partial charge < -0.3 is 15.1 Å². The summed E-state index contributed by atoms with van der Waals surface area (Å²) < 4.78 is 13.4. The van der Waals surface area contributed by atoms with Crippen LogP contribution < -0.4 is 10.2 Å². The lowest BCUT2D eigenvalue weighted by atomic mass is 10.2. The van der Waals surface area contributed by atoms with Crippen LogP contribution in [0.25, 0.3) is 0 Å². The third-order valence-corrected chi connectivity index (χ3v) is 6.18. The molecule has 0 aliphatic carbocycles. The van der Waals surface area contributed by atoms with Crippen LogP contribution >= 0.6 is 11.8 Å². The molecule has 150 valence electrons. The van der Waals surface area contributed by atoms with E-state index in [4.69, 9.17) is 0 Å². The number of hydrogen-bond acceptors (Lipinski definition) is 4. The first kappa shape index (κ1) is 19.4. The molecule has 1 atom stereocenters. The van der Waals surface area contributed by atoms with E-state index in [-0.39, 0.29) is 12.5 Å². The Balaban J connectivity index is 1.56. The van der Waals surface area contributed by atoms with Gasteiger partial charge in [0.15, 0.2) is 5.25 Å². The largest absolute Gasteiger partial charge is 0.341 e. The first-order valence-corrected chi connectivity index (χ1v) is 10.3. The number of likely N-dealkylation sites (tertiary alicyclic amines) is 1. The summed E-state index contributed by atoms with van der Waals surface area (Å²) in [5.41, 5.74) is 0.911. The van der Waals surface area contributed by atoms with Crippen molar-refractivity contribution in [1.29, 1.82) is 0 Å². The number of halogens is 1. The summed E-state index contributed by atoms with van der Waals surface area (Å²) in [6.45, 7) is 1.06. The van der Waals surface area contributed by atoms with Gasteiger partial charge in [0.2, 0.25) is 11.8 Å². The fourth-order valence-electron chi connectivity index (χ4n) is 3.55. The molecule has 2 aromatic rings. The number of nitrogens with zero attached hydrogens (tertiary/aromatic N) is 2. The van der Waals surface area contributed by atoms with Crippen LogP contribution in [-0.2, 0) is 14.4 Å². The minimum Gasteiger partial charge on any atom is -0.341 e. The van der Waals surface area contributed by atoms with Crippen LogP contribution in [-0.4, -0.2) is 47.5 Å². The number of para-hydroxylation sites is 1. The average molecular weight is 413 g/mol. The first-order valence-electron chi connectivity index (χ1n) is 9.44. The van der Waals surface area contributed by atoms with Gasteiger partial charge in [-0.2, -0.15) is 0 Å². The van der Waals surface area contributed by atoms with E-state index in [2.05, 4.69) is 5.32 Å². The molecule has 0 spiro atoms. The molecule has 3 amide bonds. The van der Waals surface area contributed by atoms with Crippen molar-refractivity contribution >= 4 is 40.9 Å². The van der Waals surface area contributed by atoms with Gasteiger partial charge in [0.25, 0.3) is 5.91 Å². The Morgan fingerprint density at radius 1 is 1.10 bits per heavy atom. The number of hydrogen-bond donors (Lipinski definition) is 1. The Morgan fingerprint density at radius 2 is 1.86 bits per heavy atom. The maximum atomic E-state index is 13.4. The molecule has 1 saturated heterocycles. The van der Waals surface area contributed by atoms with Gasteiger partial charge in [0, 0.05) is 23.7 Å². The molecule has 6 nitrogen and oxygen atoms in total. The minimum atomic E-state index is -0.898. The van der Waals surface area contributed by atoms with Crippen LogP contribution in [0.1, 0.15) is 12.8 Å². The fraction of sp³-hybridized carbons (Fsp3) is 0.286. The van der Waals surface area contributed by atoms with Gasteiger partial charge >= 0.3 is 0 Å². The third-order valence-electron chi connectivity index (χ3n) is 4.94. The normalized spacial score (nSPS) is 18.5. The number of amides is 3. The predicted octanol–water partition coefficient (Wildman–Crippen LogP) is 2.89. The summed E-state index contributed by atoms with van der Waals surface area (Å²) in [5.74, 6) is -1.53. The number of rotatable bonds is 4. The van der Waals surface area contributed by atoms with Crippen molar-refractivity contribution in [3.63, 3.8) is 0 Å². The molecule has 2 aliphatic heterocycles. The second-order valence-electron chi connectivity index (χ2n) is 6.98. The van der Waals surface area contributed by atoms with Gasteiger partial charge in [-0.05, 0) is 43.2 Å². The molecule has 4 rings (SSSR count). The summed E-state index contributed by atoms with van der Waals surface area (Å²) in [7, 11) is 0. The molecule has 2 heterocycles. The zero-order valence-electron chi connectivity index (χ0n) is 15.6. The van der Waals surface area contributed by atoms with Crippen LogP contribution in [0.5, 0.6) is 0 Å². The lowest BCUT2D eigenvalue weighted by molar-refractivity contribution is -0.134. The second-order valence-corrected chi connectivity index (χ2v) is 8.13. The highest BCUT2D eigenvalue weighted by molar-refractivity contribution is 8.01. The highest BCUT2D eigenvalue weighted by Gasteiger charge is 2.41. The SMILES string of the molecule is O=C(CN1C(=O)C(C(=O)N2CCCC2)Sc2ccccc21)Nc1cccc(F)c1. The van der Waals surface area contributed by atoms with E-state index < -0.39 is 22.9 Å². The zero-order chi connectivity index (χ0) is 20.4. The minimum absolute atomic E-state index is 0.206. The average Bonchev–Trinajstić information content (AvgIpc) is 3.24. The highest BCUT2D eigenvalue weighted by Crippen LogP contribution is 2.40. The molecule has 1 unspecified atom stereocenters. The third kappa shape index (κ3) is 4.12. The number of nitrogens with one attached hydrogen (secondary N) is 1. The molecule has 8 heteroatoms. The lowest BCUT2D eigenvalue weighted by Gasteiger charge is -2.34. The Hall–Kier alpha value is -2.87. The standard InChI is InChI=1S/C21H20FN3O3S/c22-14-6-5-7-15(12-14)23-18(26)13-25-16-8-1-2-9-17(16)29-19(21(25)28)20(27)24-10-3-4-11-24/h1-2,5-9,12,19H,3-4,10-11,13H2,(H,23,26). The second kappa shape index (κ2) is 8.24. The number of fused-ring (bicyclic) bond motifs is 1. The molecule has 0 aromatic heterocycles. The van der Waals surface area contributed by atoms with E-state index >= 15 is 0 Å². The fourth-order valence-corrected chi connectivity index (χ4v) is 4.74. The van der Waals surface area contributed by atoms with Crippen molar-refractivity contribution in [2.45, 2.75) is 23.0 Å². The summed E-state index contributed by atoms with van der Waals surface area (Å²) in [4.78, 5) is 42.4. The van der Waals surface area contributed by atoms with E-state index in [9.17, 15) is 18.8 Å². The van der Waals surface area contributed by atoms with Gasteiger partial charge in [0.05, 0.1) is 5.69 Å². The summed E-state index contributed by atoms with van der Waals surface area (Å²) in [5, 5.41) is 1.71. The van der Waals surface area contributed by atoms with Crippen LogP contribution in [0.4, 0.5) is 15.8 Å². The quantitative estimate of drug-likeness (QED) is 0.783. The van der Waals surface area contributed by atoms with Crippen molar-refractivity contribution in [1.82, 2.24) is 4.90 Å². The summed E-state index contributed by atoms with van der Waals surface area (Å²) in [6.07, 6.45) is 1.88. The Labute approximate surface area is 172 Å². The van der Waals surface area contributed by atoms with Crippen molar-refractivity contribution in [3.8, 4) is 0 Å². The van der Waals surface area contributed by atoms with E-state index in [1.165, 1.54) is 34.9 Å². The molecular formula is C21H20FN3O3S. The number of benzene rings is 2. The van der Waals surface area contributed by atoms with E-state index in [1.807, 2.05) is 12.1 Å². The molecule has 29 heavy (non-hydrogen) atoms. The van der Waals surface area contributed by atoms with Crippen LogP contribution in [0.15, 0.2) is 53.4 Å². The predicted molar refractivity (Wildman–Crippen MR) is 109 cm³/mol. The molecule has 0 radical (unpaired) electrons. The van der Waals surface area contributed by atoms with Crippen molar-refractivity contribution < 1.29 is 18.8 Å². The lowest BCUT2D eigenvalue weighted by Crippen LogP contribution is -2.51. The molecule has 1 fully saturated rings. The van der Waals surface area contributed by atoms with E-state index in [0.717, 1.165) is 17.7 Å². The Kier molecular flexibility index (Phi) is 5.53. The van der Waals surface area contributed by atoms with Gasteiger partial charge in [-0.1, -0.05) is 18.2 Å². The first-order chi connectivity index (χ1) is 14.0. The Bertz CT molecular complexity index is 962. The maximum Gasteiger partial charge on any atom is 0.250 e. The highest BCUT2D eigenvalue weighted by atomic mass is 32.2. The van der Waals surface area contributed by atoms with Gasteiger partial charge in [-0.3, -0.25) is 14.4 Å². The maximum absolute atomic E-state index is 13.4. The molecule has 0 saturated carbocycles. The van der Waals surface area contributed by atoms with Crippen LogP contribution in [0, 0.1) is 5.82 Å². The van der Waals surface area contributed by atoms with Gasteiger partial charge in [-0.25, -0.2) is 4.39 Å². The molecule has 2 aliphatic rings. The summed E-state index contributed by atoms with van der Waals surface area (Å²) >= 11 is 1.23. The Morgan fingerprint density at radius 3 is 2.62 bits per heavy atom. The van der Waals surface area contributed by atoms with E-state index in [0.29, 0.717) is 24.5 Å². The molecule has 0 bridgehead atoms. The smallest absolute Gasteiger partial charge is 0.250 e. The zero-order valence-corrected chi connectivity index (χ0v) is 16.5. The molecular weight excluding hydrogens is 393 g/mol. The number of carbonyl (C=O) groups excluding carboxylic acids is 3. The number of thioether (sulfide) groups is 1. The van der Waals surface area contributed by atoms with Gasteiger partial charge in [0.1, 0.15) is 12.4 Å². The topological polar surface area (TPSA) is 69.7 Å². The van der Waals surface area contributed by atoms with Gasteiger partial charge in [-0.15, -0.1) is 11.8 Å². The van der Waals surface area contributed by atoms with Crippen molar-refractivity contribution in [2.24, 2.45) is 0 Å². The molecule has 2 aromatic carbocycles. The van der Waals surface area contributed by atoms with Crippen LogP contribution in [0.2, 0.25) is 0 Å².